The first-order chi connectivity index (χ1) is 11.3. The van der Waals surface area contributed by atoms with Gasteiger partial charge in [-0.05, 0) is 49.2 Å². The summed E-state index contributed by atoms with van der Waals surface area (Å²) in [6.07, 6.45) is 0. The number of rotatable bonds is 3. The fourth-order valence-corrected chi connectivity index (χ4v) is 3.76. The van der Waals surface area contributed by atoms with Gasteiger partial charge in [-0.15, -0.1) is 0 Å². The Morgan fingerprint density at radius 2 is 1.54 bits per heavy atom. The fraction of sp³-hybridized carbons (Fsp3) is 0.125. The molecule has 0 aliphatic carbocycles. The van der Waals surface area contributed by atoms with Gasteiger partial charge in [0.15, 0.2) is 0 Å². The highest BCUT2D eigenvalue weighted by atomic mass is 32.2. The van der Waals surface area contributed by atoms with Crippen LogP contribution in [0.5, 0.6) is 0 Å². The number of hydrogen-bond donors (Lipinski definition) is 3. The molecule has 8 heteroatoms. The van der Waals surface area contributed by atoms with E-state index in [-0.39, 0.29) is 10.4 Å². The van der Waals surface area contributed by atoms with Crippen molar-refractivity contribution in [2.45, 2.75) is 18.7 Å². The van der Waals surface area contributed by atoms with Crippen molar-refractivity contribution in [2.75, 3.05) is 4.72 Å². The standard InChI is InChI=1S/C16H15N3O4S/c1-9-4-3-5-11(6-9)19-24(22,23)14-8-13-12(7-10(14)2)17-15(20)16(21)18-13/h3-8,19H,1-2H3,(H,17,20)(H,18,21). The summed E-state index contributed by atoms with van der Waals surface area (Å²) in [4.78, 5) is 27.6. The number of aryl methyl sites for hydroxylation is 2. The van der Waals surface area contributed by atoms with E-state index in [1.165, 1.54) is 12.1 Å². The van der Waals surface area contributed by atoms with Crippen molar-refractivity contribution >= 4 is 26.7 Å². The Labute approximate surface area is 137 Å². The second-order valence-electron chi connectivity index (χ2n) is 5.55. The van der Waals surface area contributed by atoms with Gasteiger partial charge in [-0.3, -0.25) is 14.3 Å². The number of anilines is 1. The first-order valence-corrected chi connectivity index (χ1v) is 8.61. The SMILES string of the molecule is Cc1cccc(NS(=O)(=O)c2cc3[nH]c(=O)c(=O)[nH]c3cc2C)c1. The van der Waals surface area contributed by atoms with Crippen LogP contribution in [0.4, 0.5) is 5.69 Å². The van der Waals surface area contributed by atoms with Gasteiger partial charge < -0.3 is 9.97 Å². The molecule has 0 bridgehead atoms. The minimum atomic E-state index is -3.84. The molecule has 7 nitrogen and oxygen atoms in total. The van der Waals surface area contributed by atoms with Gasteiger partial charge in [0, 0.05) is 5.69 Å². The summed E-state index contributed by atoms with van der Waals surface area (Å²) in [5.41, 5.74) is 0.820. The molecule has 0 aliphatic rings. The van der Waals surface area contributed by atoms with E-state index >= 15 is 0 Å². The predicted molar refractivity (Wildman–Crippen MR) is 91.9 cm³/mol. The van der Waals surface area contributed by atoms with E-state index < -0.39 is 21.1 Å². The maximum absolute atomic E-state index is 12.7. The van der Waals surface area contributed by atoms with Gasteiger partial charge in [-0.2, -0.15) is 0 Å². The molecule has 1 heterocycles. The first kappa shape index (κ1) is 16.0. The third-order valence-corrected chi connectivity index (χ3v) is 5.10. The topological polar surface area (TPSA) is 112 Å². The smallest absolute Gasteiger partial charge is 0.314 e. The lowest BCUT2D eigenvalue weighted by molar-refractivity contribution is 0.600. The van der Waals surface area contributed by atoms with Crippen LogP contribution in [-0.2, 0) is 10.0 Å². The summed E-state index contributed by atoms with van der Waals surface area (Å²) >= 11 is 0. The van der Waals surface area contributed by atoms with Crippen LogP contribution < -0.4 is 15.8 Å². The van der Waals surface area contributed by atoms with Crippen molar-refractivity contribution in [1.82, 2.24) is 9.97 Å². The molecule has 0 saturated carbocycles. The Kier molecular flexibility index (Phi) is 3.76. The van der Waals surface area contributed by atoms with Gasteiger partial charge in [0.1, 0.15) is 0 Å². The number of benzene rings is 2. The van der Waals surface area contributed by atoms with Crippen LogP contribution in [0.2, 0.25) is 0 Å². The minimum absolute atomic E-state index is 0.0270. The van der Waals surface area contributed by atoms with Crippen LogP contribution >= 0.6 is 0 Å². The molecule has 0 amide bonds. The molecular weight excluding hydrogens is 330 g/mol. The number of H-pyrrole nitrogens is 2. The number of hydrogen-bond acceptors (Lipinski definition) is 4. The molecule has 124 valence electrons. The van der Waals surface area contributed by atoms with Crippen LogP contribution in [-0.4, -0.2) is 18.4 Å². The average molecular weight is 345 g/mol. The number of aromatic amines is 2. The maximum atomic E-state index is 12.7. The molecule has 3 aromatic rings. The lowest BCUT2D eigenvalue weighted by Gasteiger charge is -2.12. The fourth-order valence-electron chi connectivity index (χ4n) is 2.46. The van der Waals surface area contributed by atoms with E-state index in [0.29, 0.717) is 16.8 Å². The third kappa shape index (κ3) is 2.95. The van der Waals surface area contributed by atoms with Crippen molar-refractivity contribution in [3.63, 3.8) is 0 Å². The number of nitrogens with one attached hydrogen (secondary N) is 3. The summed E-state index contributed by atoms with van der Waals surface area (Å²) in [6, 6.07) is 9.83. The highest BCUT2D eigenvalue weighted by molar-refractivity contribution is 7.92. The van der Waals surface area contributed by atoms with Gasteiger partial charge in [0.25, 0.3) is 10.0 Å². The van der Waals surface area contributed by atoms with Crippen LogP contribution in [0.1, 0.15) is 11.1 Å². The molecule has 0 atom stereocenters. The zero-order chi connectivity index (χ0) is 17.5. The molecule has 0 radical (unpaired) electrons. The molecule has 2 aromatic carbocycles. The Balaban J connectivity index is 2.13. The lowest BCUT2D eigenvalue weighted by atomic mass is 10.2. The molecule has 3 N–H and O–H groups in total. The highest BCUT2D eigenvalue weighted by Crippen LogP contribution is 2.23. The molecule has 24 heavy (non-hydrogen) atoms. The summed E-state index contributed by atoms with van der Waals surface area (Å²) in [5.74, 6) is 0. The molecule has 0 saturated heterocycles. The third-order valence-electron chi connectivity index (χ3n) is 3.58. The van der Waals surface area contributed by atoms with Gasteiger partial charge in [0.05, 0.1) is 15.9 Å². The van der Waals surface area contributed by atoms with E-state index in [4.69, 9.17) is 0 Å². The Hall–Kier alpha value is -2.87. The van der Waals surface area contributed by atoms with E-state index in [0.717, 1.165) is 5.56 Å². The molecule has 1 aromatic heterocycles. The van der Waals surface area contributed by atoms with Gasteiger partial charge in [-0.25, -0.2) is 8.42 Å². The molecule has 0 unspecified atom stereocenters. The number of fused-ring (bicyclic) bond motifs is 1. The Bertz CT molecular complexity index is 1160. The summed E-state index contributed by atoms with van der Waals surface area (Å²) in [6.45, 7) is 3.48. The number of sulfonamides is 1. The molecule has 0 spiro atoms. The van der Waals surface area contributed by atoms with Gasteiger partial charge in [-0.1, -0.05) is 12.1 Å². The zero-order valence-corrected chi connectivity index (χ0v) is 13.8. The van der Waals surface area contributed by atoms with Crippen molar-refractivity contribution in [3.05, 3.63) is 68.2 Å². The average Bonchev–Trinajstić information content (AvgIpc) is 2.48. The van der Waals surface area contributed by atoms with Gasteiger partial charge in [0.2, 0.25) is 0 Å². The molecule has 3 rings (SSSR count). The van der Waals surface area contributed by atoms with Crippen molar-refractivity contribution in [3.8, 4) is 0 Å². The van der Waals surface area contributed by atoms with E-state index in [1.54, 1.807) is 25.1 Å². The Morgan fingerprint density at radius 1 is 0.917 bits per heavy atom. The second-order valence-corrected chi connectivity index (χ2v) is 7.20. The van der Waals surface area contributed by atoms with E-state index in [2.05, 4.69) is 14.7 Å². The predicted octanol–water partition coefficient (Wildman–Crippen LogP) is 1.63. The number of aromatic nitrogens is 2. The van der Waals surface area contributed by atoms with Crippen LogP contribution in [0.25, 0.3) is 11.0 Å². The molecule has 0 fully saturated rings. The highest BCUT2D eigenvalue weighted by Gasteiger charge is 2.18. The molecule has 0 aliphatic heterocycles. The Morgan fingerprint density at radius 3 is 2.17 bits per heavy atom. The van der Waals surface area contributed by atoms with Crippen LogP contribution in [0.3, 0.4) is 0 Å². The normalized spacial score (nSPS) is 11.6. The largest absolute Gasteiger partial charge is 0.316 e. The summed E-state index contributed by atoms with van der Waals surface area (Å²) in [5, 5.41) is 0. The van der Waals surface area contributed by atoms with Crippen molar-refractivity contribution < 1.29 is 8.42 Å². The van der Waals surface area contributed by atoms with E-state index in [1.807, 2.05) is 13.0 Å². The second kappa shape index (κ2) is 5.64. The van der Waals surface area contributed by atoms with E-state index in [9.17, 15) is 18.0 Å². The monoisotopic (exact) mass is 345 g/mol. The lowest BCUT2D eigenvalue weighted by Crippen LogP contribution is -2.29. The maximum Gasteiger partial charge on any atom is 0.314 e. The van der Waals surface area contributed by atoms with Gasteiger partial charge >= 0.3 is 11.1 Å². The quantitative estimate of drug-likeness (QED) is 0.626. The van der Waals surface area contributed by atoms with Crippen LogP contribution in [0.15, 0.2) is 50.9 Å². The summed E-state index contributed by atoms with van der Waals surface area (Å²) < 4.78 is 27.8. The summed E-state index contributed by atoms with van der Waals surface area (Å²) in [7, 11) is -3.84. The first-order valence-electron chi connectivity index (χ1n) is 7.13. The minimum Gasteiger partial charge on any atom is -0.316 e. The zero-order valence-electron chi connectivity index (χ0n) is 13.0. The van der Waals surface area contributed by atoms with Crippen molar-refractivity contribution in [1.29, 1.82) is 0 Å². The van der Waals surface area contributed by atoms with Crippen molar-refractivity contribution in [2.24, 2.45) is 0 Å². The molecular formula is C16H15N3O4S. The van der Waals surface area contributed by atoms with Crippen LogP contribution in [0, 0.1) is 13.8 Å².